The molecule has 0 fully saturated rings. The maximum atomic E-state index is 5.92. The van der Waals surface area contributed by atoms with Crippen molar-refractivity contribution in [1.29, 1.82) is 0 Å². The van der Waals surface area contributed by atoms with Crippen LogP contribution in [-0.2, 0) is 6.42 Å². The number of aryl methyl sites for hydroxylation is 1. The molecule has 2 aromatic carbocycles. The molecule has 0 atom stereocenters. The highest BCUT2D eigenvalue weighted by molar-refractivity contribution is 5.34. The van der Waals surface area contributed by atoms with Gasteiger partial charge in [-0.3, -0.25) is 10.6 Å². The Bertz CT molecular complexity index is 666. The number of hydrogen-bond acceptors (Lipinski definition) is 4. The lowest BCUT2D eigenvalue weighted by molar-refractivity contribution is 0.308. The van der Waals surface area contributed by atoms with Crippen LogP contribution in [0.3, 0.4) is 0 Å². The van der Waals surface area contributed by atoms with Crippen LogP contribution in [0.15, 0.2) is 66.9 Å². The number of benzene rings is 2. The van der Waals surface area contributed by atoms with Crippen molar-refractivity contribution in [1.82, 2.24) is 16.0 Å². The molecule has 2 aromatic rings. The highest BCUT2D eigenvalue weighted by Crippen LogP contribution is 2.23. The molecule has 0 aliphatic carbocycles. The van der Waals surface area contributed by atoms with Crippen molar-refractivity contribution in [3.8, 4) is 11.5 Å². The Morgan fingerprint density at radius 3 is 2.28 bits per heavy atom. The third-order valence-corrected chi connectivity index (χ3v) is 4.57. The third-order valence-electron chi connectivity index (χ3n) is 4.57. The molecule has 0 bridgehead atoms. The molecule has 0 heterocycles. The summed E-state index contributed by atoms with van der Waals surface area (Å²) >= 11 is 0. The number of hydrogen-bond donors (Lipinski definition) is 3. The van der Waals surface area contributed by atoms with E-state index in [1.807, 2.05) is 63.6 Å². The molecule has 0 aliphatic rings. The van der Waals surface area contributed by atoms with Crippen LogP contribution in [0.1, 0.15) is 18.4 Å². The second-order valence-electron chi connectivity index (χ2n) is 6.05. The summed E-state index contributed by atoms with van der Waals surface area (Å²) in [5, 5.41) is 9.85. The molecule has 4 heteroatoms. The first-order valence-corrected chi connectivity index (χ1v) is 8.70. The van der Waals surface area contributed by atoms with Gasteiger partial charge in [-0.25, -0.2) is 0 Å². The maximum Gasteiger partial charge on any atom is 0.127 e. The second kappa shape index (κ2) is 9.25. The predicted octanol–water partition coefficient (Wildman–Crippen LogP) is 3.67. The summed E-state index contributed by atoms with van der Waals surface area (Å²) in [7, 11) is 5.80. The van der Waals surface area contributed by atoms with Gasteiger partial charge >= 0.3 is 0 Å². The van der Waals surface area contributed by atoms with Crippen molar-refractivity contribution in [2.75, 3.05) is 21.1 Å². The van der Waals surface area contributed by atoms with Crippen molar-refractivity contribution in [3.63, 3.8) is 0 Å². The van der Waals surface area contributed by atoms with E-state index in [1.54, 1.807) is 0 Å². The fourth-order valence-corrected chi connectivity index (χ4v) is 2.99. The quantitative estimate of drug-likeness (QED) is 0.578. The molecule has 0 saturated carbocycles. The van der Waals surface area contributed by atoms with Crippen LogP contribution in [0.25, 0.3) is 0 Å². The standard InChI is InChI=1S/C21H29N3O/c1-17(22-2)21(23-3,24-4)15-9-11-18-10-8-14-20(16-18)25-19-12-6-5-7-13-19/h5-8,10,12-14,16,22-24H,1,9,11,15H2,2-4H3. The molecule has 0 radical (unpaired) electrons. The number of para-hydroxylation sites is 1. The summed E-state index contributed by atoms with van der Waals surface area (Å²) in [5.74, 6) is 1.73. The zero-order valence-corrected chi connectivity index (χ0v) is 15.4. The molecule has 0 unspecified atom stereocenters. The van der Waals surface area contributed by atoms with Crippen LogP contribution in [0.5, 0.6) is 11.5 Å². The van der Waals surface area contributed by atoms with E-state index in [-0.39, 0.29) is 5.66 Å². The van der Waals surface area contributed by atoms with E-state index in [0.717, 1.165) is 36.5 Å². The van der Waals surface area contributed by atoms with Crippen LogP contribution in [0.4, 0.5) is 0 Å². The van der Waals surface area contributed by atoms with Gasteiger partial charge in [0.15, 0.2) is 0 Å². The van der Waals surface area contributed by atoms with Gasteiger partial charge in [0, 0.05) is 12.7 Å². The van der Waals surface area contributed by atoms with Gasteiger partial charge in [0.2, 0.25) is 0 Å². The zero-order valence-electron chi connectivity index (χ0n) is 15.4. The Kier molecular flexibility index (Phi) is 7.04. The van der Waals surface area contributed by atoms with Crippen molar-refractivity contribution in [2.45, 2.75) is 24.9 Å². The number of likely N-dealkylation sites (N-methyl/N-ethyl adjacent to an activating group) is 3. The van der Waals surface area contributed by atoms with Crippen LogP contribution >= 0.6 is 0 Å². The topological polar surface area (TPSA) is 45.3 Å². The van der Waals surface area contributed by atoms with Crippen LogP contribution in [0.2, 0.25) is 0 Å². The lowest BCUT2D eigenvalue weighted by Crippen LogP contribution is -2.57. The van der Waals surface area contributed by atoms with E-state index in [4.69, 9.17) is 4.74 Å². The molecule has 0 spiro atoms. The van der Waals surface area contributed by atoms with E-state index in [2.05, 4.69) is 34.7 Å². The Hall–Kier alpha value is -2.30. The number of nitrogens with one attached hydrogen (secondary N) is 3. The molecule has 25 heavy (non-hydrogen) atoms. The molecule has 134 valence electrons. The smallest absolute Gasteiger partial charge is 0.127 e. The van der Waals surface area contributed by atoms with E-state index in [9.17, 15) is 0 Å². The highest BCUT2D eigenvalue weighted by Gasteiger charge is 2.28. The minimum Gasteiger partial charge on any atom is -0.457 e. The van der Waals surface area contributed by atoms with E-state index < -0.39 is 0 Å². The van der Waals surface area contributed by atoms with Gasteiger partial charge in [0.25, 0.3) is 0 Å². The second-order valence-corrected chi connectivity index (χ2v) is 6.05. The van der Waals surface area contributed by atoms with Gasteiger partial charge < -0.3 is 10.1 Å². The molecular weight excluding hydrogens is 310 g/mol. The van der Waals surface area contributed by atoms with Gasteiger partial charge in [-0.1, -0.05) is 36.9 Å². The molecule has 0 amide bonds. The van der Waals surface area contributed by atoms with Crippen molar-refractivity contribution >= 4 is 0 Å². The zero-order chi connectivity index (χ0) is 18.1. The first-order chi connectivity index (χ1) is 12.1. The van der Waals surface area contributed by atoms with Gasteiger partial charge in [0.05, 0.1) is 0 Å². The summed E-state index contributed by atoms with van der Waals surface area (Å²) < 4.78 is 5.92. The number of rotatable bonds is 10. The van der Waals surface area contributed by atoms with E-state index >= 15 is 0 Å². The first-order valence-electron chi connectivity index (χ1n) is 8.70. The fourth-order valence-electron chi connectivity index (χ4n) is 2.99. The van der Waals surface area contributed by atoms with Gasteiger partial charge in [-0.05, 0) is 63.2 Å². The molecule has 3 N–H and O–H groups in total. The van der Waals surface area contributed by atoms with Crippen molar-refractivity contribution < 1.29 is 4.74 Å². The van der Waals surface area contributed by atoms with E-state index in [0.29, 0.717) is 0 Å². The maximum absolute atomic E-state index is 5.92. The van der Waals surface area contributed by atoms with Gasteiger partial charge in [0.1, 0.15) is 17.2 Å². The lowest BCUT2D eigenvalue weighted by Gasteiger charge is -2.35. The van der Waals surface area contributed by atoms with Crippen LogP contribution in [0, 0.1) is 0 Å². The predicted molar refractivity (Wildman–Crippen MR) is 105 cm³/mol. The highest BCUT2D eigenvalue weighted by atomic mass is 16.5. The largest absolute Gasteiger partial charge is 0.457 e. The summed E-state index contributed by atoms with van der Waals surface area (Å²) in [6, 6.07) is 18.2. The summed E-state index contributed by atoms with van der Waals surface area (Å²) in [5.41, 5.74) is 1.91. The van der Waals surface area contributed by atoms with Crippen molar-refractivity contribution in [3.05, 3.63) is 72.4 Å². The monoisotopic (exact) mass is 339 g/mol. The fraction of sp³-hybridized carbons (Fsp3) is 0.333. The molecule has 4 nitrogen and oxygen atoms in total. The number of ether oxygens (including phenoxy) is 1. The molecule has 0 aliphatic heterocycles. The normalized spacial score (nSPS) is 11.2. The van der Waals surface area contributed by atoms with Crippen LogP contribution < -0.4 is 20.7 Å². The molecule has 2 rings (SSSR count). The Labute approximate surface area is 151 Å². The lowest BCUT2D eigenvalue weighted by atomic mass is 9.97. The average molecular weight is 339 g/mol. The Balaban J connectivity index is 1.97. The van der Waals surface area contributed by atoms with E-state index in [1.165, 1.54) is 5.56 Å². The molecular formula is C21H29N3O. The molecule has 0 aromatic heterocycles. The van der Waals surface area contributed by atoms with Crippen LogP contribution in [-0.4, -0.2) is 26.8 Å². The van der Waals surface area contributed by atoms with Gasteiger partial charge in [-0.15, -0.1) is 0 Å². The van der Waals surface area contributed by atoms with Gasteiger partial charge in [-0.2, -0.15) is 0 Å². The third kappa shape index (κ3) is 5.08. The average Bonchev–Trinajstić information content (AvgIpc) is 2.66. The Morgan fingerprint density at radius 1 is 0.960 bits per heavy atom. The summed E-state index contributed by atoms with van der Waals surface area (Å²) in [6.07, 6.45) is 2.94. The summed E-state index contributed by atoms with van der Waals surface area (Å²) in [4.78, 5) is 0. The summed E-state index contributed by atoms with van der Waals surface area (Å²) in [6.45, 7) is 4.12. The van der Waals surface area contributed by atoms with Crippen molar-refractivity contribution in [2.24, 2.45) is 0 Å². The Morgan fingerprint density at radius 2 is 1.64 bits per heavy atom. The minimum atomic E-state index is -0.299. The minimum absolute atomic E-state index is 0.299. The molecule has 0 saturated heterocycles. The SMILES string of the molecule is C=C(NC)C(CCCc1cccc(Oc2ccccc2)c1)(NC)NC. The first kappa shape index (κ1) is 19.0.